The van der Waals surface area contributed by atoms with Gasteiger partial charge in [0.2, 0.25) is 5.43 Å². The number of hydrogen-bond acceptors (Lipinski definition) is 3. The van der Waals surface area contributed by atoms with Crippen molar-refractivity contribution in [3.63, 3.8) is 0 Å². The summed E-state index contributed by atoms with van der Waals surface area (Å²) in [6, 6.07) is 14.9. The standard InChI is InChI=1S/C20H16F3N3O2/c1-13-10-17(27)18(25-26(13)16-8-3-2-4-9-16)19(28)24-12-14-6-5-7-15(11-14)20(21,22)23/h2-11H,12H2,1H3,(H,24,28). The summed E-state index contributed by atoms with van der Waals surface area (Å²) in [4.78, 5) is 24.6. The molecule has 0 bridgehead atoms. The second kappa shape index (κ2) is 7.67. The molecular weight excluding hydrogens is 371 g/mol. The van der Waals surface area contributed by atoms with Gasteiger partial charge in [-0.3, -0.25) is 9.59 Å². The molecule has 0 radical (unpaired) electrons. The van der Waals surface area contributed by atoms with Crippen LogP contribution in [-0.2, 0) is 12.7 Å². The number of nitrogens with one attached hydrogen (secondary N) is 1. The molecular formula is C20H16F3N3O2. The van der Waals surface area contributed by atoms with Crippen LogP contribution in [-0.4, -0.2) is 15.7 Å². The molecule has 0 unspecified atom stereocenters. The van der Waals surface area contributed by atoms with Crippen LogP contribution in [0.1, 0.15) is 27.3 Å². The molecule has 1 heterocycles. The quantitative estimate of drug-likeness (QED) is 0.745. The Bertz CT molecular complexity index is 1060. The molecule has 0 spiro atoms. The highest BCUT2D eigenvalue weighted by Gasteiger charge is 2.30. The SMILES string of the molecule is Cc1cc(=O)c(C(=O)NCc2cccc(C(F)(F)F)c2)nn1-c1ccccc1. The molecule has 0 aliphatic carbocycles. The van der Waals surface area contributed by atoms with Crippen LogP contribution >= 0.6 is 0 Å². The van der Waals surface area contributed by atoms with Crippen molar-refractivity contribution < 1.29 is 18.0 Å². The van der Waals surface area contributed by atoms with Crippen molar-refractivity contribution in [1.82, 2.24) is 15.1 Å². The number of carbonyl (C=O) groups is 1. The van der Waals surface area contributed by atoms with Crippen LogP contribution in [0, 0.1) is 6.92 Å². The molecule has 1 amide bonds. The fraction of sp³-hybridized carbons (Fsp3) is 0.150. The summed E-state index contributed by atoms with van der Waals surface area (Å²) in [6.07, 6.45) is -4.47. The number of carbonyl (C=O) groups excluding carboxylic acids is 1. The molecule has 5 nitrogen and oxygen atoms in total. The molecule has 0 aliphatic rings. The van der Waals surface area contributed by atoms with E-state index in [9.17, 15) is 22.8 Å². The molecule has 0 atom stereocenters. The van der Waals surface area contributed by atoms with Gasteiger partial charge in [0.25, 0.3) is 5.91 Å². The third-order valence-corrected chi connectivity index (χ3v) is 4.03. The van der Waals surface area contributed by atoms with Gasteiger partial charge < -0.3 is 5.32 Å². The van der Waals surface area contributed by atoms with Crippen molar-refractivity contribution in [1.29, 1.82) is 0 Å². The lowest BCUT2D eigenvalue weighted by Crippen LogP contribution is -2.31. The first-order chi connectivity index (χ1) is 13.3. The van der Waals surface area contributed by atoms with Gasteiger partial charge in [-0.25, -0.2) is 4.68 Å². The van der Waals surface area contributed by atoms with E-state index < -0.39 is 23.1 Å². The predicted octanol–water partition coefficient (Wildman–Crippen LogP) is 3.49. The zero-order valence-corrected chi connectivity index (χ0v) is 14.8. The Kier molecular flexibility index (Phi) is 5.30. The van der Waals surface area contributed by atoms with Gasteiger partial charge in [0, 0.05) is 18.3 Å². The zero-order valence-electron chi connectivity index (χ0n) is 14.8. The van der Waals surface area contributed by atoms with Crippen molar-refractivity contribution >= 4 is 5.91 Å². The highest BCUT2D eigenvalue weighted by Crippen LogP contribution is 2.29. The summed E-state index contributed by atoms with van der Waals surface area (Å²) in [6.45, 7) is 1.52. The number of amides is 1. The van der Waals surface area contributed by atoms with E-state index in [0.717, 1.165) is 12.1 Å². The largest absolute Gasteiger partial charge is 0.416 e. The van der Waals surface area contributed by atoms with Crippen LogP contribution in [0.2, 0.25) is 0 Å². The van der Waals surface area contributed by atoms with Gasteiger partial charge >= 0.3 is 6.18 Å². The predicted molar refractivity (Wildman–Crippen MR) is 97.2 cm³/mol. The lowest BCUT2D eigenvalue weighted by molar-refractivity contribution is -0.137. The third kappa shape index (κ3) is 4.28. The van der Waals surface area contributed by atoms with Crippen LogP contribution in [0.4, 0.5) is 13.2 Å². The molecule has 0 saturated heterocycles. The minimum absolute atomic E-state index is 0.164. The first-order valence-electron chi connectivity index (χ1n) is 8.36. The molecule has 0 saturated carbocycles. The summed E-state index contributed by atoms with van der Waals surface area (Å²) >= 11 is 0. The molecule has 144 valence electrons. The van der Waals surface area contributed by atoms with E-state index in [0.29, 0.717) is 11.4 Å². The Hall–Kier alpha value is -3.42. The van der Waals surface area contributed by atoms with Gasteiger partial charge in [-0.15, -0.1) is 0 Å². The number of aryl methyl sites for hydroxylation is 1. The topological polar surface area (TPSA) is 64.0 Å². The second-order valence-electron chi connectivity index (χ2n) is 6.13. The van der Waals surface area contributed by atoms with Crippen molar-refractivity contribution in [3.05, 3.63) is 93.4 Å². The Labute approximate surface area is 158 Å². The molecule has 2 aromatic carbocycles. The molecule has 1 aromatic heterocycles. The van der Waals surface area contributed by atoms with Gasteiger partial charge in [-0.1, -0.05) is 30.3 Å². The summed E-state index contributed by atoms with van der Waals surface area (Å²) in [5.74, 6) is -0.757. The van der Waals surface area contributed by atoms with Crippen LogP contribution in [0.3, 0.4) is 0 Å². The van der Waals surface area contributed by atoms with E-state index in [1.165, 1.54) is 22.9 Å². The van der Waals surface area contributed by atoms with E-state index in [-0.39, 0.29) is 17.8 Å². The minimum atomic E-state index is -4.47. The summed E-state index contributed by atoms with van der Waals surface area (Å²) in [5.41, 5.74) is -0.219. The number of nitrogens with zero attached hydrogens (tertiary/aromatic N) is 2. The Balaban J connectivity index is 1.83. The maximum Gasteiger partial charge on any atom is 0.416 e. The highest BCUT2D eigenvalue weighted by atomic mass is 19.4. The molecule has 1 N–H and O–H groups in total. The average molecular weight is 387 g/mol. The number of para-hydroxylation sites is 1. The highest BCUT2D eigenvalue weighted by molar-refractivity contribution is 5.92. The number of aromatic nitrogens is 2. The molecule has 3 aromatic rings. The van der Waals surface area contributed by atoms with Crippen molar-refractivity contribution in [2.24, 2.45) is 0 Å². The van der Waals surface area contributed by atoms with Gasteiger partial charge in [0.1, 0.15) is 0 Å². The summed E-state index contributed by atoms with van der Waals surface area (Å²) in [7, 11) is 0. The third-order valence-electron chi connectivity index (χ3n) is 4.03. The van der Waals surface area contributed by atoms with Gasteiger partial charge in [-0.05, 0) is 36.8 Å². The van der Waals surface area contributed by atoms with Crippen LogP contribution in [0.25, 0.3) is 5.69 Å². The van der Waals surface area contributed by atoms with Gasteiger partial charge in [-0.2, -0.15) is 18.3 Å². The number of rotatable bonds is 4. The number of benzene rings is 2. The van der Waals surface area contributed by atoms with Crippen LogP contribution < -0.4 is 10.7 Å². The fourth-order valence-electron chi connectivity index (χ4n) is 2.66. The second-order valence-corrected chi connectivity index (χ2v) is 6.13. The Morgan fingerprint density at radius 2 is 1.79 bits per heavy atom. The number of alkyl halides is 3. The summed E-state index contributed by atoms with van der Waals surface area (Å²) < 4.78 is 39.8. The van der Waals surface area contributed by atoms with E-state index in [4.69, 9.17) is 0 Å². The van der Waals surface area contributed by atoms with Crippen LogP contribution in [0.5, 0.6) is 0 Å². The van der Waals surface area contributed by atoms with Crippen molar-refractivity contribution in [3.8, 4) is 5.69 Å². The van der Waals surface area contributed by atoms with E-state index in [1.54, 1.807) is 31.2 Å². The maximum atomic E-state index is 12.8. The van der Waals surface area contributed by atoms with Gasteiger partial charge in [0.05, 0.1) is 11.3 Å². The van der Waals surface area contributed by atoms with Gasteiger partial charge in [0.15, 0.2) is 5.69 Å². The molecule has 0 fully saturated rings. The van der Waals surface area contributed by atoms with Crippen molar-refractivity contribution in [2.75, 3.05) is 0 Å². The smallest absolute Gasteiger partial charge is 0.346 e. The molecule has 3 rings (SSSR count). The fourth-order valence-corrected chi connectivity index (χ4v) is 2.66. The minimum Gasteiger partial charge on any atom is -0.346 e. The zero-order chi connectivity index (χ0) is 20.3. The first kappa shape index (κ1) is 19.3. The molecule has 28 heavy (non-hydrogen) atoms. The van der Waals surface area contributed by atoms with Crippen LogP contribution in [0.15, 0.2) is 65.5 Å². The molecule has 0 aliphatic heterocycles. The molecule has 8 heteroatoms. The lowest BCUT2D eigenvalue weighted by Gasteiger charge is -2.12. The monoisotopic (exact) mass is 387 g/mol. The summed E-state index contributed by atoms with van der Waals surface area (Å²) in [5, 5.41) is 6.57. The normalized spacial score (nSPS) is 11.3. The average Bonchev–Trinajstić information content (AvgIpc) is 2.66. The van der Waals surface area contributed by atoms with E-state index in [1.807, 2.05) is 6.07 Å². The maximum absolute atomic E-state index is 12.8. The van der Waals surface area contributed by atoms with E-state index in [2.05, 4.69) is 10.4 Å². The van der Waals surface area contributed by atoms with E-state index >= 15 is 0 Å². The lowest BCUT2D eigenvalue weighted by atomic mass is 10.1. The Morgan fingerprint density at radius 3 is 2.46 bits per heavy atom. The first-order valence-corrected chi connectivity index (χ1v) is 8.36. The number of hydrogen-bond donors (Lipinski definition) is 1. The number of halogens is 3. The Morgan fingerprint density at radius 1 is 1.07 bits per heavy atom. The van der Waals surface area contributed by atoms with Crippen molar-refractivity contribution in [2.45, 2.75) is 19.6 Å².